The highest BCUT2D eigenvalue weighted by atomic mass is 32.2. The Hall–Kier alpha value is -2.44. The fourth-order valence-corrected chi connectivity index (χ4v) is 5.72. The van der Waals surface area contributed by atoms with Crippen molar-refractivity contribution in [2.24, 2.45) is 0 Å². The molecule has 2 aromatic carbocycles. The average Bonchev–Trinajstić information content (AvgIpc) is 3.05. The van der Waals surface area contributed by atoms with Gasteiger partial charge in [0.05, 0.1) is 4.90 Å². The Balaban J connectivity index is 1.74. The van der Waals surface area contributed by atoms with Crippen molar-refractivity contribution in [1.82, 2.24) is 10.0 Å². The molecular weight excluding hydrogens is 384 g/mol. The Morgan fingerprint density at radius 2 is 1.93 bits per heavy atom. The summed E-state index contributed by atoms with van der Waals surface area (Å²) in [6.45, 7) is 2.63. The number of aryl methyl sites for hydroxylation is 1. The van der Waals surface area contributed by atoms with Gasteiger partial charge >= 0.3 is 0 Å². The summed E-state index contributed by atoms with van der Waals surface area (Å²) in [7, 11) is -3.85. The van der Waals surface area contributed by atoms with Crippen LogP contribution in [0.2, 0.25) is 0 Å². The molecule has 29 heavy (non-hydrogen) atoms. The molecule has 4 rings (SSSR count). The SMILES string of the molecule is CCc1cccc(S(=O)(=O)N[C@@H]2CCCCNC2=O)c1C1=Cc2ccccc2C1. The van der Waals surface area contributed by atoms with Crippen molar-refractivity contribution >= 4 is 27.6 Å². The maximum Gasteiger partial charge on any atom is 0.241 e. The molecule has 1 aliphatic heterocycles. The van der Waals surface area contributed by atoms with Crippen molar-refractivity contribution in [1.29, 1.82) is 0 Å². The number of carbonyl (C=O) groups excluding carboxylic acids is 1. The molecule has 1 amide bonds. The molecule has 0 bridgehead atoms. The lowest BCUT2D eigenvalue weighted by Crippen LogP contribution is -2.45. The molecule has 152 valence electrons. The maximum absolute atomic E-state index is 13.4. The molecule has 1 saturated heterocycles. The molecule has 6 heteroatoms. The summed E-state index contributed by atoms with van der Waals surface area (Å²) in [4.78, 5) is 12.5. The van der Waals surface area contributed by atoms with Crippen LogP contribution in [0.5, 0.6) is 0 Å². The smallest absolute Gasteiger partial charge is 0.241 e. The first-order valence-electron chi connectivity index (χ1n) is 10.2. The Morgan fingerprint density at radius 3 is 2.72 bits per heavy atom. The maximum atomic E-state index is 13.4. The van der Waals surface area contributed by atoms with Gasteiger partial charge in [0.2, 0.25) is 15.9 Å². The Labute approximate surface area is 172 Å². The summed E-state index contributed by atoms with van der Waals surface area (Å²) in [6, 6.07) is 12.8. The summed E-state index contributed by atoms with van der Waals surface area (Å²) >= 11 is 0. The van der Waals surface area contributed by atoms with E-state index in [4.69, 9.17) is 0 Å². The number of rotatable bonds is 5. The summed E-state index contributed by atoms with van der Waals surface area (Å²) in [5.74, 6) is -0.244. The van der Waals surface area contributed by atoms with E-state index in [1.165, 1.54) is 5.56 Å². The van der Waals surface area contributed by atoms with Crippen molar-refractivity contribution in [2.45, 2.75) is 50.0 Å². The van der Waals surface area contributed by atoms with Gasteiger partial charge in [-0.15, -0.1) is 0 Å². The van der Waals surface area contributed by atoms with Crippen LogP contribution in [0.15, 0.2) is 47.4 Å². The highest BCUT2D eigenvalue weighted by molar-refractivity contribution is 7.89. The third-order valence-corrected chi connectivity index (χ3v) is 7.22. The monoisotopic (exact) mass is 410 g/mol. The van der Waals surface area contributed by atoms with E-state index in [1.54, 1.807) is 12.1 Å². The Kier molecular flexibility index (Phi) is 5.56. The Morgan fingerprint density at radius 1 is 1.10 bits per heavy atom. The van der Waals surface area contributed by atoms with Gasteiger partial charge in [-0.25, -0.2) is 8.42 Å². The number of amides is 1. The first-order chi connectivity index (χ1) is 14.0. The number of sulfonamides is 1. The van der Waals surface area contributed by atoms with Gasteiger partial charge in [-0.3, -0.25) is 4.79 Å². The predicted octanol–water partition coefficient (Wildman–Crippen LogP) is 3.29. The van der Waals surface area contributed by atoms with Gasteiger partial charge < -0.3 is 5.32 Å². The van der Waals surface area contributed by atoms with E-state index >= 15 is 0 Å². The zero-order chi connectivity index (χ0) is 20.4. The molecule has 2 aromatic rings. The van der Waals surface area contributed by atoms with Crippen molar-refractivity contribution in [3.63, 3.8) is 0 Å². The van der Waals surface area contributed by atoms with Crippen LogP contribution in [0.25, 0.3) is 11.6 Å². The van der Waals surface area contributed by atoms with Crippen molar-refractivity contribution in [2.75, 3.05) is 6.54 Å². The average molecular weight is 411 g/mol. The predicted molar refractivity (Wildman–Crippen MR) is 115 cm³/mol. The number of fused-ring (bicyclic) bond motifs is 1. The molecule has 0 spiro atoms. The number of benzene rings is 2. The summed E-state index contributed by atoms with van der Waals surface area (Å²) in [6.07, 6.45) is 5.72. The molecule has 0 saturated carbocycles. The number of allylic oxidation sites excluding steroid dienone is 1. The number of carbonyl (C=O) groups is 1. The third-order valence-electron chi connectivity index (χ3n) is 5.70. The standard InChI is InChI=1S/C23H26N2O3S/c1-2-16-10-7-12-21(22(16)19-14-17-8-3-4-9-18(17)15-19)29(27,28)25-20-11-5-6-13-24-23(20)26/h3-4,7-10,12,14,20,25H,2,5-6,11,13,15H2,1H3,(H,24,26)/t20-/m1/s1. The normalized spacial score (nSPS) is 19.3. The van der Waals surface area contributed by atoms with Gasteiger partial charge in [0.15, 0.2) is 0 Å². The first-order valence-corrected chi connectivity index (χ1v) is 11.7. The molecule has 0 radical (unpaired) electrons. The van der Waals surface area contributed by atoms with E-state index in [0.29, 0.717) is 19.4 Å². The van der Waals surface area contributed by atoms with E-state index in [-0.39, 0.29) is 10.8 Å². The van der Waals surface area contributed by atoms with Crippen LogP contribution in [-0.4, -0.2) is 26.9 Å². The van der Waals surface area contributed by atoms with E-state index in [2.05, 4.69) is 28.2 Å². The molecule has 1 atom stereocenters. The molecule has 0 unspecified atom stereocenters. The minimum absolute atomic E-state index is 0.244. The van der Waals surface area contributed by atoms with Crippen molar-refractivity contribution in [3.8, 4) is 0 Å². The zero-order valence-electron chi connectivity index (χ0n) is 16.6. The van der Waals surface area contributed by atoms with Gasteiger partial charge in [-0.05, 0) is 60.4 Å². The van der Waals surface area contributed by atoms with Crippen LogP contribution >= 0.6 is 0 Å². The molecule has 0 aromatic heterocycles. The summed E-state index contributed by atoms with van der Waals surface area (Å²) < 4.78 is 29.4. The molecule has 2 N–H and O–H groups in total. The van der Waals surface area contributed by atoms with E-state index < -0.39 is 16.1 Å². The molecule has 2 aliphatic rings. The van der Waals surface area contributed by atoms with Crippen LogP contribution in [0.1, 0.15) is 48.4 Å². The third kappa shape index (κ3) is 4.00. The van der Waals surface area contributed by atoms with Gasteiger partial charge in [0.1, 0.15) is 6.04 Å². The molecule has 5 nitrogen and oxygen atoms in total. The van der Waals surface area contributed by atoms with Crippen LogP contribution in [0, 0.1) is 0 Å². The second kappa shape index (κ2) is 8.13. The minimum atomic E-state index is -3.85. The van der Waals surface area contributed by atoms with Crippen molar-refractivity contribution in [3.05, 3.63) is 64.7 Å². The van der Waals surface area contributed by atoms with E-state index in [1.807, 2.05) is 25.1 Å². The fraction of sp³-hybridized carbons (Fsp3) is 0.348. The van der Waals surface area contributed by atoms with Crippen LogP contribution in [0.3, 0.4) is 0 Å². The number of nitrogens with one attached hydrogen (secondary N) is 2. The minimum Gasteiger partial charge on any atom is -0.355 e. The highest BCUT2D eigenvalue weighted by Crippen LogP contribution is 2.36. The van der Waals surface area contributed by atoms with Crippen LogP contribution in [-0.2, 0) is 27.7 Å². The van der Waals surface area contributed by atoms with Gasteiger partial charge in [-0.1, -0.05) is 49.4 Å². The van der Waals surface area contributed by atoms with Gasteiger partial charge in [0, 0.05) is 12.1 Å². The van der Waals surface area contributed by atoms with Gasteiger partial charge in [0.25, 0.3) is 0 Å². The largest absolute Gasteiger partial charge is 0.355 e. The first kappa shape index (κ1) is 19.9. The quantitative estimate of drug-likeness (QED) is 0.794. The Bertz CT molecular complexity index is 1070. The lowest BCUT2D eigenvalue weighted by molar-refractivity contribution is -0.122. The highest BCUT2D eigenvalue weighted by Gasteiger charge is 2.30. The zero-order valence-corrected chi connectivity index (χ0v) is 17.4. The van der Waals surface area contributed by atoms with E-state index in [0.717, 1.165) is 41.5 Å². The summed E-state index contributed by atoms with van der Waals surface area (Å²) in [5.41, 5.74) is 5.11. The molecular formula is C23H26N2O3S. The molecule has 1 aliphatic carbocycles. The lowest BCUT2D eigenvalue weighted by Gasteiger charge is -2.19. The van der Waals surface area contributed by atoms with E-state index in [9.17, 15) is 13.2 Å². The van der Waals surface area contributed by atoms with Crippen molar-refractivity contribution < 1.29 is 13.2 Å². The molecule has 1 fully saturated rings. The van der Waals surface area contributed by atoms with Crippen LogP contribution in [0.4, 0.5) is 0 Å². The van der Waals surface area contributed by atoms with Crippen LogP contribution < -0.4 is 10.0 Å². The second-order valence-electron chi connectivity index (χ2n) is 7.65. The fourth-order valence-electron chi connectivity index (χ4n) is 4.20. The topological polar surface area (TPSA) is 75.3 Å². The van der Waals surface area contributed by atoms with Gasteiger partial charge in [-0.2, -0.15) is 4.72 Å². The lowest BCUT2D eigenvalue weighted by atomic mass is 9.96. The number of hydrogen-bond acceptors (Lipinski definition) is 3. The number of hydrogen-bond donors (Lipinski definition) is 2. The second-order valence-corrected chi connectivity index (χ2v) is 9.33. The molecule has 1 heterocycles. The summed E-state index contributed by atoms with van der Waals surface area (Å²) in [5, 5.41) is 2.80.